The van der Waals surface area contributed by atoms with Crippen LogP contribution in [-0.4, -0.2) is 80.1 Å². The number of rotatable bonds is 10. The normalized spacial score (nSPS) is 22.9. The maximum absolute atomic E-state index is 12.9. The van der Waals surface area contributed by atoms with Crippen LogP contribution in [0.5, 0.6) is 17.2 Å². The first kappa shape index (κ1) is 29.1. The molecule has 40 heavy (non-hydrogen) atoms. The zero-order chi connectivity index (χ0) is 28.8. The van der Waals surface area contributed by atoms with Gasteiger partial charge in [-0.25, -0.2) is 4.79 Å². The van der Waals surface area contributed by atoms with Gasteiger partial charge in [0.25, 0.3) is 0 Å². The van der Waals surface area contributed by atoms with Crippen molar-refractivity contribution in [3.63, 3.8) is 0 Å². The van der Waals surface area contributed by atoms with Crippen LogP contribution in [0.3, 0.4) is 0 Å². The summed E-state index contributed by atoms with van der Waals surface area (Å²) in [4.78, 5) is 39.3. The van der Waals surface area contributed by atoms with Gasteiger partial charge in [-0.05, 0) is 36.4 Å². The van der Waals surface area contributed by atoms with E-state index in [-0.39, 0.29) is 42.4 Å². The van der Waals surface area contributed by atoms with E-state index >= 15 is 0 Å². The lowest BCUT2D eigenvalue weighted by atomic mass is 9.98. The molecule has 4 rings (SSSR count). The number of aliphatic hydroxyl groups is 1. The van der Waals surface area contributed by atoms with Crippen LogP contribution < -0.4 is 14.2 Å². The van der Waals surface area contributed by atoms with Gasteiger partial charge in [0, 0.05) is 38.3 Å². The minimum Gasteiger partial charge on any atom is -0.493 e. The summed E-state index contributed by atoms with van der Waals surface area (Å²) in [6.07, 6.45) is 3.94. The van der Waals surface area contributed by atoms with Crippen molar-refractivity contribution >= 4 is 24.0 Å². The highest BCUT2D eigenvalue weighted by Gasteiger charge is 2.48. The lowest BCUT2D eigenvalue weighted by Crippen LogP contribution is -2.46. The number of fused-ring (bicyclic) bond motifs is 2. The number of carbonyl (C=O) groups excluding carboxylic acids is 3. The maximum Gasteiger partial charge on any atom is 0.331 e. The van der Waals surface area contributed by atoms with E-state index in [2.05, 4.69) is 4.90 Å². The van der Waals surface area contributed by atoms with Crippen LogP contribution in [0.4, 0.5) is 0 Å². The second-order valence-electron chi connectivity index (χ2n) is 9.96. The standard InChI is InChI=1S/C30H35NO9/c1-18(33)38-27-13-19(12-26(36-3)29(27)37-4)10-11-28(34)40-25-15-21-14-22(16-24(25)31(21)2)39-30(35)23(17-32)20-8-6-5-7-9-20/h5-13,21-25,32H,14-17H2,1-4H3/b11-10-. The largest absolute Gasteiger partial charge is 0.493 e. The quantitative estimate of drug-likeness (QED) is 0.267. The second kappa shape index (κ2) is 13.0. The van der Waals surface area contributed by atoms with Crippen molar-refractivity contribution in [3.05, 3.63) is 59.7 Å². The molecule has 5 atom stereocenters. The summed E-state index contributed by atoms with van der Waals surface area (Å²) < 4.78 is 27.5. The van der Waals surface area contributed by atoms with Crippen LogP contribution in [0.2, 0.25) is 0 Å². The smallest absolute Gasteiger partial charge is 0.331 e. The van der Waals surface area contributed by atoms with E-state index in [1.165, 1.54) is 27.2 Å². The van der Waals surface area contributed by atoms with E-state index in [0.717, 1.165) is 0 Å². The molecule has 0 aliphatic carbocycles. The molecule has 10 nitrogen and oxygen atoms in total. The van der Waals surface area contributed by atoms with Crippen molar-refractivity contribution in [2.45, 2.75) is 56.4 Å². The Bertz CT molecular complexity index is 1250. The molecule has 0 amide bonds. The van der Waals surface area contributed by atoms with E-state index in [1.807, 2.05) is 25.2 Å². The van der Waals surface area contributed by atoms with E-state index in [1.54, 1.807) is 30.3 Å². The molecule has 2 fully saturated rings. The molecule has 214 valence electrons. The van der Waals surface area contributed by atoms with Crippen molar-refractivity contribution < 1.29 is 43.2 Å². The minimum absolute atomic E-state index is 0.0970. The van der Waals surface area contributed by atoms with Gasteiger partial charge in [0.1, 0.15) is 18.1 Å². The van der Waals surface area contributed by atoms with Gasteiger partial charge in [-0.1, -0.05) is 30.3 Å². The molecule has 1 N–H and O–H groups in total. The predicted molar refractivity (Wildman–Crippen MR) is 145 cm³/mol. The summed E-state index contributed by atoms with van der Waals surface area (Å²) in [6, 6.07) is 12.3. The Hall–Kier alpha value is -3.89. The number of hydrogen-bond donors (Lipinski definition) is 1. The molecular formula is C30H35NO9. The molecule has 2 heterocycles. The average molecular weight is 554 g/mol. The van der Waals surface area contributed by atoms with Crippen LogP contribution in [-0.2, 0) is 23.9 Å². The van der Waals surface area contributed by atoms with E-state index in [4.69, 9.17) is 23.7 Å². The molecular weight excluding hydrogens is 518 g/mol. The number of carbonyl (C=O) groups is 3. The molecule has 0 radical (unpaired) electrons. The molecule has 0 spiro atoms. The molecule has 2 bridgehead atoms. The van der Waals surface area contributed by atoms with Gasteiger partial charge in [0.2, 0.25) is 5.75 Å². The Kier molecular flexibility index (Phi) is 9.44. The van der Waals surface area contributed by atoms with Crippen LogP contribution in [0, 0.1) is 0 Å². The number of likely N-dealkylation sites (N-methyl/N-ethyl adjacent to an activating group) is 1. The number of esters is 3. The number of hydrogen-bond acceptors (Lipinski definition) is 10. The summed E-state index contributed by atoms with van der Waals surface area (Å²) in [5, 5.41) is 9.81. The third-order valence-corrected chi connectivity index (χ3v) is 7.42. The number of benzene rings is 2. The molecule has 2 aromatic rings. The van der Waals surface area contributed by atoms with E-state index < -0.39 is 23.8 Å². The van der Waals surface area contributed by atoms with Gasteiger partial charge in [-0.3, -0.25) is 14.5 Å². The minimum atomic E-state index is -0.741. The summed E-state index contributed by atoms with van der Waals surface area (Å²) in [5.74, 6) is -1.46. The summed E-state index contributed by atoms with van der Waals surface area (Å²) in [6.45, 7) is 0.942. The fourth-order valence-corrected chi connectivity index (χ4v) is 5.47. The highest BCUT2D eigenvalue weighted by molar-refractivity contribution is 5.87. The fourth-order valence-electron chi connectivity index (χ4n) is 5.47. The maximum atomic E-state index is 12.9. The molecule has 5 unspecified atom stereocenters. The van der Waals surface area contributed by atoms with Crippen molar-refractivity contribution in [2.24, 2.45) is 0 Å². The Morgan fingerprint density at radius 1 is 1.02 bits per heavy atom. The average Bonchev–Trinajstić information content (AvgIpc) is 3.09. The number of ether oxygens (including phenoxy) is 5. The van der Waals surface area contributed by atoms with Crippen molar-refractivity contribution in [2.75, 3.05) is 27.9 Å². The van der Waals surface area contributed by atoms with Crippen LogP contribution in [0.25, 0.3) is 6.08 Å². The van der Waals surface area contributed by atoms with Gasteiger partial charge in [0.15, 0.2) is 11.5 Å². The van der Waals surface area contributed by atoms with Gasteiger partial charge in [-0.2, -0.15) is 0 Å². The molecule has 0 aromatic heterocycles. The molecule has 0 saturated carbocycles. The number of piperidine rings is 1. The first-order valence-corrected chi connectivity index (χ1v) is 13.1. The SMILES string of the molecule is COc1cc(/C=C\C(=O)OC2CC3CC(OC(=O)C(CO)c4ccccc4)CC2N3C)cc(OC(C)=O)c1OC. The number of aliphatic hydroxyl groups excluding tert-OH is 1. The van der Waals surface area contributed by atoms with Crippen molar-refractivity contribution in [3.8, 4) is 17.2 Å². The topological polar surface area (TPSA) is 121 Å². The van der Waals surface area contributed by atoms with E-state index in [9.17, 15) is 19.5 Å². The molecule has 2 aliphatic heterocycles. The Morgan fingerprint density at radius 2 is 1.75 bits per heavy atom. The van der Waals surface area contributed by atoms with Gasteiger partial charge in [-0.15, -0.1) is 0 Å². The van der Waals surface area contributed by atoms with Crippen LogP contribution in [0.1, 0.15) is 43.2 Å². The monoisotopic (exact) mass is 553 g/mol. The molecule has 10 heteroatoms. The summed E-state index contributed by atoms with van der Waals surface area (Å²) in [5.41, 5.74) is 1.26. The molecule has 2 aromatic carbocycles. The van der Waals surface area contributed by atoms with Crippen molar-refractivity contribution in [1.82, 2.24) is 4.90 Å². The highest BCUT2D eigenvalue weighted by atomic mass is 16.6. The Morgan fingerprint density at radius 3 is 2.40 bits per heavy atom. The zero-order valence-corrected chi connectivity index (χ0v) is 23.1. The highest BCUT2D eigenvalue weighted by Crippen LogP contribution is 2.40. The first-order valence-electron chi connectivity index (χ1n) is 13.1. The number of methoxy groups -OCH3 is 2. The van der Waals surface area contributed by atoms with Gasteiger partial charge < -0.3 is 28.8 Å². The first-order chi connectivity index (χ1) is 19.2. The Labute approximate surface area is 233 Å². The third-order valence-electron chi connectivity index (χ3n) is 7.42. The zero-order valence-electron chi connectivity index (χ0n) is 23.1. The van der Waals surface area contributed by atoms with E-state index in [0.29, 0.717) is 36.1 Å². The van der Waals surface area contributed by atoms with Crippen LogP contribution in [0.15, 0.2) is 48.5 Å². The van der Waals surface area contributed by atoms with Gasteiger partial charge in [0.05, 0.1) is 26.9 Å². The van der Waals surface area contributed by atoms with Gasteiger partial charge >= 0.3 is 17.9 Å². The second-order valence-corrected chi connectivity index (χ2v) is 9.96. The summed E-state index contributed by atoms with van der Waals surface area (Å²) >= 11 is 0. The Balaban J connectivity index is 1.39. The molecule has 2 aliphatic rings. The fraction of sp³-hybridized carbons (Fsp3) is 0.433. The molecule has 2 saturated heterocycles. The van der Waals surface area contributed by atoms with Crippen molar-refractivity contribution in [1.29, 1.82) is 0 Å². The predicted octanol–water partition coefficient (Wildman–Crippen LogP) is 3.11. The van der Waals surface area contributed by atoms with Crippen LogP contribution >= 0.6 is 0 Å². The lowest BCUT2D eigenvalue weighted by Gasteiger charge is -2.36. The summed E-state index contributed by atoms with van der Waals surface area (Å²) in [7, 11) is 4.88. The number of nitrogens with zero attached hydrogens (tertiary/aromatic N) is 1. The third kappa shape index (κ3) is 6.63. The lowest BCUT2D eigenvalue weighted by molar-refractivity contribution is -0.157.